The highest BCUT2D eigenvalue weighted by Gasteiger charge is 2.54. The zero-order chi connectivity index (χ0) is 24.9. The number of nitrogens with zero attached hydrogens (tertiary/aromatic N) is 4. The third kappa shape index (κ3) is 6.19. The van der Waals surface area contributed by atoms with Crippen molar-refractivity contribution in [2.24, 2.45) is 10.8 Å². The van der Waals surface area contributed by atoms with Gasteiger partial charge in [0.2, 0.25) is 11.6 Å². The van der Waals surface area contributed by atoms with E-state index in [2.05, 4.69) is 23.7 Å². The van der Waals surface area contributed by atoms with Gasteiger partial charge in [-0.15, -0.1) is 0 Å². The van der Waals surface area contributed by atoms with Gasteiger partial charge in [-0.3, -0.25) is 9.59 Å². The molecule has 162 valence electrons. The van der Waals surface area contributed by atoms with Gasteiger partial charge < -0.3 is 0 Å². The summed E-state index contributed by atoms with van der Waals surface area (Å²) in [7, 11) is 0. The summed E-state index contributed by atoms with van der Waals surface area (Å²) in [6.07, 6.45) is -1.33. The van der Waals surface area contributed by atoms with E-state index in [0.29, 0.717) is 11.1 Å². The molecule has 2 aromatic carbocycles. The van der Waals surface area contributed by atoms with Crippen molar-refractivity contribution < 1.29 is 9.59 Å². The molecule has 0 aromatic heterocycles. The maximum absolute atomic E-state index is 12.3. The van der Waals surface area contributed by atoms with Crippen molar-refractivity contribution in [3.05, 3.63) is 71.8 Å². The van der Waals surface area contributed by atoms with Gasteiger partial charge in [0.1, 0.15) is 0 Å². The molecule has 0 aliphatic carbocycles. The van der Waals surface area contributed by atoms with Gasteiger partial charge in [0, 0.05) is 24.0 Å². The number of carbonyl (C=O) groups is 2. The van der Waals surface area contributed by atoms with Crippen molar-refractivity contribution in [1.29, 1.82) is 21.0 Å². The predicted molar refractivity (Wildman–Crippen MR) is 122 cm³/mol. The van der Waals surface area contributed by atoms with E-state index in [-0.39, 0.29) is 25.7 Å². The lowest BCUT2D eigenvalue weighted by Gasteiger charge is -2.30. The van der Waals surface area contributed by atoms with Crippen LogP contribution < -0.4 is 0 Å². The third-order valence-corrected chi connectivity index (χ3v) is 5.19. The number of rotatable bonds is 7. The highest BCUT2D eigenvalue weighted by molar-refractivity contribution is 5.96. The van der Waals surface area contributed by atoms with E-state index >= 15 is 0 Å². The number of hydrogen-bond acceptors (Lipinski definition) is 6. The fourth-order valence-corrected chi connectivity index (χ4v) is 3.14. The fraction of sp³-hybridized carbons (Fsp3) is 0.214. The highest BCUT2D eigenvalue weighted by atomic mass is 16.1. The topological polar surface area (TPSA) is 129 Å². The van der Waals surface area contributed by atoms with Gasteiger partial charge in [-0.2, -0.15) is 21.0 Å². The zero-order valence-corrected chi connectivity index (χ0v) is 18.2. The average Bonchev–Trinajstić information content (AvgIpc) is 2.89. The monoisotopic (exact) mass is 442 g/mol. The molecule has 0 saturated carbocycles. The molecule has 0 bridgehead atoms. The zero-order valence-electron chi connectivity index (χ0n) is 18.2. The molecule has 0 amide bonds. The molecule has 0 saturated heterocycles. The standard InChI is InChI=1S/C28H18N4O2/c29-19-27(20-30,17-15-25(33)13-11-23-7-3-1-4-8-23)28(21-31,22-32)18-16-26(34)14-12-24-9-5-2-6-10-24/h1-10H,15-18H2. The average molecular weight is 442 g/mol. The molecule has 6 heteroatoms. The van der Waals surface area contributed by atoms with Crippen molar-refractivity contribution in [2.45, 2.75) is 25.7 Å². The maximum Gasteiger partial charge on any atom is 0.205 e. The lowest BCUT2D eigenvalue weighted by atomic mass is 9.61. The van der Waals surface area contributed by atoms with Crippen LogP contribution in [0.5, 0.6) is 0 Å². The summed E-state index contributed by atoms with van der Waals surface area (Å²) in [5.41, 5.74) is -2.98. The van der Waals surface area contributed by atoms with E-state index in [0.717, 1.165) is 0 Å². The molecule has 0 atom stereocenters. The summed E-state index contributed by atoms with van der Waals surface area (Å²) in [5.74, 6) is 9.21. The number of Topliss-reactive ketones (excluding diaryl/α,β-unsaturated/α-hetero) is 2. The Morgan fingerprint density at radius 1 is 0.588 bits per heavy atom. The van der Waals surface area contributed by atoms with Gasteiger partial charge >= 0.3 is 0 Å². The number of nitriles is 4. The molecule has 0 unspecified atom stereocenters. The van der Waals surface area contributed by atoms with Crippen LogP contribution in [0.4, 0.5) is 0 Å². The quantitative estimate of drug-likeness (QED) is 0.599. The van der Waals surface area contributed by atoms with Crippen molar-refractivity contribution in [3.8, 4) is 48.0 Å². The van der Waals surface area contributed by atoms with Crippen LogP contribution in [-0.2, 0) is 9.59 Å². The summed E-state index contributed by atoms with van der Waals surface area (Å²) in [5, 5.41) is 39.1. The van der Waals surface area contributed by atoms with Crippen LogP contribution in [0.25, 0.3) is 0 Å². The van der Waals surface area contributed by atoms with E-state index in [9.17, 15) is 30.6 Å². The summed E-state index contributed by atoms with van der Waals surface area (Å²) in [6.45, 7) is 0. The third-order valence-electron chi connectivity index (χ3n) is 5.19. The Hall–Kier alpha value is -5.14. The molecular formula is C28H18N4O2. The molecule has 0 spiro atoms. The maximum atomic E-state index is 12.3. The Morgan fingerprint density at radius 2 is 0.912 bits per heavy atom. The number of carbonyl (C=O) groups excluding carboxylic acids is 2. The van der Waals surface area contributed by atoms with Gasteiger partial charge in [-0.1, -0.05) is 48.2 Å². The van der Waals surface area contributed by atoms with Crippen LogP contribution in [0.1, 0.15) is 36.8 Å². The molecule has 34 heavy (non-hydrogen) atoms. The van der Waals surface area contributed by atoms with Crippen LogP contribution in [0.2, 0.25) is 0 Å². The van der Waals surface area contributed by atoms with Gasteiger partial charge in [0.25, 0.3) is 0 Å². The van der Waals surface area contributed by atoms with E-state index in [1.807, 2.05) is 12.1 Å². The van der Waals surface area contributed by atoms with Gasteiger partial charge in [-0.25, -0.2) is 0 Å². The second-order valence-electron chi connectivity index (χ2n) is 7.34. The first-order valence-electron chi connectivity index (χ1n) is 10.3. The molecule has 0 heterocycles. The van der Waals surface area contributed by atoms with E-state index < -0.39 is 22.4 Å². The predicted octanol–water partition coefficient (Wildman–Crippen LogP) is 3.86. The Kier molecular flexibility index (Phi) is 8.90. The summed E-state index contributed by atoms with van der Waals surface area (Å²) >= 11 is 0. The minimum Gasteiger partial charge on any atom is -0.285 e. The second-order valence-corrected chi connectivity index (χ2v) is 7.34. The Morgan fingerprint density at radius 3 is 1.21 bits per heavy atom. The first-order chi connectivity index (χ1) is 16.4. The first-order valence-corrected chi connectivity index (χ1v) is 10.3. The van der Waals surface area contributed by atoms with E-state index in [1.54, 1.807) is 72.8 Å². The normalized spacial score (nSPS) is 9.88. The van der Waals surface area contributed by atoms with Gasteiger partial charge in [0.15, 0.2) is 10.8 Å². The molecule has 0 aliphatic rings. The minimum absolute atomic E-state index is 0.298. The Labute approximate surface area is 198 Å². The van der Waals surface area contributed by atoms with Crippen molar-refractivity contribution in [1.82, 2.24) is 0 Å². The molecule has 0 N–H and O–H groups in total. The molecule has 6 nitrogen and oxygen atoms in total. The smallest absolute Gasteiger partial charge is 0.205 e. The molecule has 2 aromatic rings. The lowest BCUT2D eigenvalue weighted by molar-refractivity contribution is -0.115. The van der Waals surface area contributed by atoms with Crippen LogP contribution >= 0.6 is 0 Å². The first kappa shape index (κ1) is 25.1. The molecule has 0 aliphatic heterocycles. The van der Waals surface area contributed by atoms with Gasteiger partial charge in [-0.05, 0) is 48.9 Å². The van der Waals surface area contributed by atoms with E-state index in [1.165, 1.54) is 0 Å². The fourth-order valence-electron chi connectivity index (χ4n) is 3.14. The molecule has 2 rings (SSSR count). The van der Waals surface area contributed by atoms with Crippen LogP contribution in [-0.4, -0.2) is 11.6 Å². The SMILES string of the molecule is N#CC(C#N)(CCC(=O)C#Cc1ccccc1)C(C#N)(C#N)CCC(=O)C#Cc1ccccc1. The Balaban J connectivity index is 2.17. The summed E-state index contributed by atoms with van der Waals surface area (Å²) in [6, 6.07) is 24.7. The number of hydrogen-bond donors (Lipinski definition) is 0. The molecule has 0 radical (unpaired) electrons. The molecule has 0 fully saturated rings. The Bertz CT molecular complexity index is 1210. The van der Waals surface area contributed by atoms with Gasteiger partial charge in [0.05, 0.1) is 24.3 Å². The second kappa shape index (κ2) is 12.0. The largest absolute Gasteiger partial charge is 0.285 e. The van der Waals surface area contributed by atoms with Crippen molar-refractivity contribution in [3.63, 3.8) is 0 Å². The molecular weight excluding hydrogens is 424 g/mol. The summed E-state index contributed by atoms with van der Waals surface area (Å²) < 4.78 is 0. The van der Waals surface area contributed by atoms with Crippen LogP contribution in [0, 0.1) is 79.8 Å². The highest BCUT2D eigenvalue weighted by Crippen LogP contribution is 2.45. The van der Waals surface area contributed by atoms with Crippen molar-refractivity contribution in [2.75, 3.05) is 0 Å². The lowest BCUT2D eigenvalue weighted by Crippen LogP contribution is -2.39. The number of ketones is 2. The summed E-state index contributed by atoms with van der Waals surface area (Å²) in [4.78, 5) is 24.5. The minimum atomic E-state index is -2.12. The van der Waals surface area contributed by atoms with Crippen LogP contribution in [0.3, 0.4) is 0 Å². The van der Waals surface area contributed by atoms with E-state index in [4.69, 9.17) is 0 Å². The van der Waals surface area contributed by atoms with Crippen LogP contribution in [0.15, 0.2) is 60.7 Å². The van der Waals surface area contributed by atoms with Crippen molar-refractivity contribution >= 4 is 11.6 Å². The number of benzene rings is 2.